The molecular weight excluding hydrogens is 1070 g/mol. The molecule has 0 N–H and O–H groups in total. The number of rotatable bonds is 8. The molecule has 414 valence electrons. The number of hydrogen-bond acceptors (Lipinski definition) is 4. The molecule has 19 rings (SSSR count). The van der Waals surface area contributed by atoms with Crippen molar-refractivity contribution < 1.29 is 8.83 Å². The van der Waals surface area contributed by atoms with E-state index in [-0.39, 0.29) is 0 Å². The smallest absolute Gasteiger partial charge is 0.159 e. The Kier molecular flexibility index (Phi) is 10.1. The topological polar surface area (TPSA) is 41.6 Å². The van der Waals surface area contributed by atoms with Crippen LogP contribution in [0.5, 0.6) is 0 Å². The van der Waals surface area contributed by atoms with Crippen molar-refractivity contribution in [3.63, 3.8) is 0 Å². The van der Waals surface area contributed by atoms with Crippen LogP contribution in [0.3, 0.4) is 0 Å². The van der Waals surface area contributed by atoms with E-state index in [0.29, 0.717) is 0 Å². The Morgan fingerprint density at radius 3 is 1.10 bits per heavy atom. The molecule has 0 unspecified atom stereocenters. The quantitative estimate of drug-likeness (QED) is 0.152. The monoisotopic (exact) mass is 1130 g/mol. The van der Waals surface area contributed by atoms with Crippen LogP contribution in [-0.2, 0) is 0 Å². The van der Waals surface area contributed by atoms with E-state index < -0.39 is 0 Å². The van der Waals surface area contributed by atoms with Crippen LogP contribution in [0.15, 0.2) is 264 Å². The summed E-state index contributed by atoms with van der Waals surface area (Å²) >= 11 is 0. The predicted molar refractivity (Wildman–Crippen MR) is 370 cm³/mol. The average Bonchev–Trinajstić information content (AvgIpc) is 1.50. The summed E-state index contributed by atoms with van der Waals surface area (Å²) in [5.74, 6) is 0. The second-order valence-electron chi connectivity index (χ2n) is 24.1. The Morgan fingerprint density at radius 2 is 0.659 bits per heavy atom. The van der Waals surface area contributed by atoms with Crippen LogP contribution in [0, 0.1) is 27.7 Å². The van der Waals surface area contributed by atoms with Crippen molar-refractivity contribution in [1.82, 2.24) is 8.80 Å². The third-order valence-electron chi connectivity index (χ3n) is 19.2. The molecule has 88 heavy (non-hydrogen) atoms. The zero-order valence-electron chi connectivity index (χ0n) is 48.9. The van der Waals surface area contributed by atoms with Gasteiger partial charge in [-0.25, -0.2) is 0 Å². The lowest BCUT2D eigenvalue weighted by molar-refractivity contribution is 0.668. The lowest BCUT2D eigenvalue weighted by atomic mass is 9.89. The Morgan fingerprint density at radius 1 is 0.284 bits per heavy atom. The molecule has 0 bridgehead atoms. The van der Waals surface area contributed by atoms with Crippen molar-refractivity contribution in [2.75, 3.05) is 9.80 Å². The summed E-state index contributed by atoms with van der Waals surface area (Å²) in [5, 5.41) is 14.1. The van der Waals surface area contributed by atoms with E-state index in [1.165, 1.54) is 87.4 Å². The van der Waals surface area contributed by atoms with Crippen LogP contribution in [0.1, 0.15) is 22.3 Å². The summed E-state index contributed by atoms with van der Waals surface area (Å²) in [6.45, 7) is 8.85. The van der Waals surface area contributed by atoms with Crippen LogP contribution in [0.4, 0.5) is 34.1 Å². The molecule has 0 aliphatic rings. The molecule has 6 nitrogen and oxygen atoms in total. The van der Waals surface area contributed by atoms with Gasteiger partial charge in [0.25, 0.3) is 0 Å². The van der Waals surface area contributed by atoms with E-state index in [0.717, 1.165) is 111 Å². The molecule has 0 saturated carbocycles. The first-order valence-electron chi connectivity index (χ1n) is 30.4. The third kappa shape index (κ3) is 6.55. The molecule has 0 fully saturated rings. The van der Waals surface area contributed by atoms with Crippen molar-refractivity contribution in [3.8, 4) is 22.3 Å². The van der Waals surface area contributed by atoms with E-state index in [4.69, 9.17) is 8.83 Å². The number of aryl methyl sites for hydroxylation is 4. The van der Waals surface area contributed by atoms with Crippen LogP contribution in [0.25, 0.3) is 142 Å². The molecule has 6 aromatic heterocycles. The Labute approximate surface area is 505 Å². The first-order chi connectivity index (χ1) is 43.4. The van der Waals surface area contributed by atoms with Crippen molar-refractivity contribution in [2.45, 2.75) is 27.7 Å². The van der Waals surface area contributed by atoms with E-state index >= 15 is 0 Å². The highest BCUT2D eigenvalue weighted by Crippen LogP contribution is 2.56. The van der Waals surface area contributed by atoms with Gasteiger partial charge in [-0.15, -0.1) is 0 Å². The standard InChI is InChI=1S/C82H54N4O2/c1-47-21-11-15-33-65(47)83(75-49(3)37-41-61-57-27-13-17-35-69(57)87-81(61)75)53-39-43-55-59-29-19-31-63-73-72(52-25-9-6-10-26-52)80-74(71(51-23-7-5-8-24-51)79(73)85(77(59)63)67(55)45-53)64-32-20-30-60-56-44-40-54(46-68(56)86(80)78(60)64)84(66-34-16-12-22-48(66)2)76-50(4)38-42-62-58-28-14-18-36-70(58)88-82(62)76/h5-46H,1-4H3. The molecule has 0 aliphatic carbocycles. The minimum Gasteiger partial charge on any atom is -0.454 e. The summed E-state index contributed by atoms with van der Waals surface area (Å²) in [6.07, 6.45) is 0. The molecule has 0 amide bonds. The summed E-state index contributed by atoms with van der Waals surface area (Å²) in [4.78, 5) is 4.89. The Balaban J connectivity index is 0.964. The maximum Gasteiger partial charge on any atom is 0.159 e. The number of benzene rings is 13. The van der Waals surface area contributed by atoms with Gasteiger partial charge in [0.15, 0.2) is 11.2 Å². The molecule has 0 spiro atoms. The van der Waals surface area contributed by atoms with Gasteiger partial charge in [-0.05, 0) is 110 Å². The number of hydrogen-bond donors (Lipinski definition) is 0. The summed E-state index contributed by atoms with van der Waals surface area (Å²) in [6, 6.07) is 93.8. The number of anilines is 6. The number of nitrogens with zero attached hydrogens (tertiary/aromatic N) is 4. The SMILES string of the molecule is Cc1ccccc1N(c1ccc2c3cccc4c5c(-c6ccccc6)c6c(c(-c7ccccc7)c5n(c2c1)c34)c1cccc2c3ccc(N(c4ccccc4C)c4c(C)ccc5c4oc4ccccc45)cc3n6c21)c1c(C)ccc2c1oc1ccccc12. The minimum atomic E-state index is 0.871. The Bertz CT molecular complexity index is 5740. The van der Waals surface area contributed by atoms with Gasteiger partial charge < -0.3 is 27.4 Å². The van der Waals surface area contributed by atoms with Crippen molar-refractivity contribution in [1.29, 1.82) is 0 Å². The highest BCUT2D eigenvalue weighted by atomic mass is 16.3. The first kappa shape index (κ1) is 49.0. The number of aromatic nitrogens is 2. The van der Waals surface area contributed by atoms with E-state index in [1.807, 2.05) is 0 Å². The molecule has 0 atom stereocenters. The maximum atomic E-state index is 6.94. The van der Waals surface area contributed by atoms with Gasteiger partial charge in [0.1, 0.15) is 11.2 Å². The van der Waals surface area contributed by atoms with Gasteiger partial charge in [0, 0.05) is 98.5 Å². The van der Waals surface area contributed by atoms with Gasteiger partial charge in [-0.1, -0.05) is 206 Å². The highest BCUT2D eigenvalue weighted by molar-refractivity contribution is 6.38. The normalized spacial score (nSPS) is 12.3. The molecule has 0 saturated heterocycles. The summed E-state index contributed by atoms with van der Waals surface area (Å²) in [5.41, 5.74) is 26.3. The van der Waals surface area contributed by atoms with Crippen LogP contribution in [-0.4, -0.2) is 8.80 Å². The maximum absolute atomic E-state index is 6.94. The highest BCUT2D eigenvalue weighted by Gasteiger charge is 2.33. The Hall–Kier alpha value is -11.3. The fourth-order valence-electron chi connectivity index (χ4n) is 15.4. The fraction of sp³-hybridized carbons (Fsp3) is 0.0488. The minimum absolute atomic E-state index is 0.871. The third-order valence-corrected chi connectivity index (χ3v) is 19.2. The van der Waals surface area contributed by atoms with E-state index in [9.17, 15) is 0 Å². The van der Waals surface area contributed by atoms with Crippen molar-refractivity contribution in [2.24, 2.45) is 0 Å². The zero-order chi connectivity index (χ0) is 58.2. The largest absolute Gasteiger partial charge is 0.454 e. The average molecular weight is 1130 g/mol. The lowest BCUT2D eigenvalue weighted by Crippen LogP contribution is -2.13. The molecule has 0 aliphatic heterocycles. The summed E-state index contributed by atoms with van der Waals surface area (Å²) in [7, 11) is 0. The molecule has 6 heterocycles. The molecule has 6 heteroatoms. The van der Waals surface area contributed by atoms with Gasteiger partial charge in [-0.3, -0.25) is 0 Å². The first-order valence-corrected chi connectivity index (χ1v) is 30.4. The molecular formula is C82H54N4O2. The van der Waals surface area contributed by atoms with Crippen molar-refractivity contribution >= 4 is 154 Å². The lowest BCUT2D eigenvalue weighted by Gasteiger charge is -2.28. The number of fused-ring (bicyclic) bond motifs is 18. The van der Waals surface area contributed by atoms with Crippen LogP contribution in [0.2, 0.25) is 0 Å². The van der Waals surface area contributed by atoms with Crippen LogP contribution >= 0.6 is 0 Å². The van der Waals surface area contributed by atoms with Gasteiger partial charge in [0.2, 0.25) is 0 Å². The van der Waals surface area contributed by atoms with E-state index in [2.05, 4.69) is 301 Å². The predicted octanol–water partition coefficient (Wildman–Crippen LogP) is 23.3. The van der Waals surface area contributed by atoms with Gasteiger partial charge >= 0.3 is 0 Å². The zero-order valence-corrected chi connectivity index (χ0v) is 48.9. The second-order valence-corrected chi connectivity index (χ2v) is 24.1. The van der Waals surface area contributed by atoms with E-state index in [1.54, 1.807) is 0 Å². The van der Waals surface area contributed by atoms with Crippen molar-refractivity contribution in [3.05, 3.63) is 277 Å². The molecule has 0 radical (unpaired) electrons. The molecule has 13 aromatic carbocycles. The summed E-state index contributed by atoms with van der Waals surface area (Å²) < 4.78 is 19.1. The fourth-order valence-corrected chi connectivity index (χ4v) is 15.4. The van der Waals surface area contributed by atoms with Gasteiger partial charge in [-0.2, -0.15) is 0 Å². The molecule has 19 aromatic rings. The van der Waals surface area contributed by atoms with Crippen LogP contribution < -0.4 is 9.80 Å². The van der Waals surface area contributed by atoms with Gasteiger partial charge in [0.05, 0.1) is 44.5 Å². The second kappa shape index (κ2) is 18.1. The number of furan rings is 2. The number of para-hydroxylation sites is 6.